The van der Waals surface area contributed by atoms with Crippen molar-refractivity contribution in [2.24, 2.45) is 0 Å². The van der Waals surface area contributed by atoms with E-state index in [-0.39, 0.29) is 44.6 Å². The number of hydrogen-bond acceptors (Lipinski definition) is 9. The van der Waals surface area contributed by atoms with E-state index in [0.29, 0.717) is 40.6 Å². The molecule has 0 rings (SSSR count). The van der Waals surface area contributed by atoms with Crippen molar-refractivity contribution in [1.29, 1.82) is 0 Å². The molecular formula is C33H87N3O6. The van der Waals surface area contributed by atoms with Crippen LogP contribution in [0.4, 0.5) is 0 Å². The van der Waals surface area contributed by atoms with Gasteiger partial charge in [-0.15, -0.1) is 0 Å². The van der Waals surface area contributed by atoms with Crippen LogP contribution < -0.4 is 10.6 Å². The van der Waals surface area contributed by atoms with Gasteiger partial charge in [-0.25, -0.2) is 0 Å². The summed E-state index contributed by atoms with van der Waals surface area (Å²) in [5, 5.41) is 6.01. The molecule has 0 spiro atoms. The van der Waals surface area contributed by atoms with Crippen molar-refractivity contribution in [3.8, 4) is 0 Å². The van der Waals surface area contributed by atoms with Gasteiger partial charge in [0.25, 0.3) is 0 Å². The molecule has 0 amide bonds. The van der Waals surface area contributed by atoms with Crippen LogP contribution in [0.1, 0.15) is 135 Å². The molecule has 0 aromatic heterocycles. The van der Waals surface area contributed by atoms with Crippen LogP contribution in [-0.2, 0) is 28.4 Å². The number of nitrogens with one attached hydrogen (secondary N) is 2. The maximum Gasteiger partial charge on any atom is 0.148 e. The Morgan fingerprint density at radius 1 is 0.524 bits per heavy atom. The van der Waals surface area contributed by atoms with Crippen LogP contribution in [0.25, 0.3) is 0 Å². The van der Waals surface area contributed by atoms with Crippen molar-refractivity contribution in [3.05, 3.63) is 0 Å². The molecule has 0 aliphatic carbocycles. The summed E-state index contributed by atoms with van der Waals surface area (Å²) in [5.41, 5.74) is 0. The molecule has 0 radical (unpaired) electrons. The molecular weight excluding hydrogens is 534 g/mol. The second kappa shape index (κ2) is 68.0. The summed E-state index contributed by atoms with van der Waals surface area (Å²) in [7, 11) is 8.77. The van der Waals surface area contributed by atoms with Crippen LogP contribution in [0.5, 0.6) is 0 Å². The fourth-order valence-electron chi connectivity index (χ4n) is 3.03. The standard InChI is InChI=1S/C12H27NO2.C11H25NO2.C4H11NO2.6CH4/c1-4-5-6-7-8-9-10-13(2)11-15-12-14-3;1-3-4-5-6-7-8-9-12-10-14-11-13-2;1-5-3-7-4-6-2;;;;;;/h4-12H2,1-3H3;12H,3-11H2,1-2H3;5H,3-4H2,1-2H3;6*1H4. The van der Waals surface area contributed by atoms with E-state index in [1.807, 2.05) is 7.05 Å². The Labute approximate surface area is 268 Å². The molecule has 0 heterocycles. The molecule has 0 saturated carbocycles. The fraction of sp³-hybridized carbons (Fsp3) is 1.00. The normalized spacial score (nSPS) is 9.14. The average molecular weight is 622 g/mol. The van der Waals surface area contributed by atoms with Crippen LogP contribution in [0.15, 0.2) is 0 Å². The van der Waals surface area contributed by atoms with E-state index in [1.165, 1.54) is 77.0 Å². The summed E-state index contributed by atoms with van der Waals surface area (Å²) < 4.78 is 29.3. The highest BCUT2D eigenvalue weighted by Crippen LogP contribution is 2.05. The van der Waals surface area contributed by atoms with Gasteiger partial charge in [-0.3, -0.25) is 15.5 Å². The molecule has 270 valence electrons. The third-order valence-electron chi connectivity index (χ3n) is 4.97. The molecule has 0 bridgehead atoms. The van der Waals surface area contributed by atoms with Gasteiger partial charge in [0.1, 0.15) is 27.1 Å². The van der Waals surface area contributed by atoms with Crippen molar-refractivity contribution < 1.29 is 28.4 Å². The van der Waals surface area contributed by atoms with Crippen molar-refractivity contribution in [3.63, 3.8) is 0 Å². The highest BCUT2D eigenvalue weighted by Gasteiger charge is 1.97. The fourth-order valence-corrected chi connectivity index (χ4v) is 3.03. The first-order valence-electron chi connectivity index (χ1n) is 13.9. The monoisotopic (exact) mass is 622 g/mol. The first-order chi connectivity index (χ1) is 17.6. The van der Waals surface area contributed by atoms with E-state index in [2.05, 4.69) is 41.2 Å². The lowest BCUT2D eigenvalue weighted by Gasteiger charge is -2.15. The summed E-state index contributed by atoms with van der Waals surface area (Å²) in [5.74, 6) is 0. The van der Waals surface area contributed by atoms with Crippen LogP contribution >= 0.6 is 0 Å². The topological polar surface area (TPSA) is 82.7 Å². The second-order valence-corrected chi connectivity index (χ2v) is 8.72. The maximum atomic E-state index is 5.24. The lowest BCUT2D eigenvalue weighted by Crippen LogP contribution is -2.23. The Morgan fingerprint density at radius 2 is 0.929 bits per heavy atom. The lowest BCUT2D eigenvalue weighted by molar-refractivity contribution is -0.0679. The van der Waals surface area contributed by atoms with Gasteiger partial charge in [-0.2, -0.15) is 0 Å². The first kappa shape index (κ1) is 64.6. The number of ether oxygens (including phenoxy) is 6. The summed E-state index contributed by atoms with van der Waals surface area (Å²) >= 11 is 0. The third-order valence-corrected chi connectivity index (χ3v) is 4.97. The van der Waals surface area contributed by atoms with Gasteiger partial charge in [-0.1, -0.05) is 123 Å². The van der Waals surface area contributed by atoms with E-state index >= 15 is 0 Å². The minimum Gasteiger partial charge on any atom is -0.359 e. The van der Waals surface area contributed by atoms with E-state index in [9.17, 15) is 0 Å². The predicted molar refractivity (Wildman–Crippen MR) is 190 cm³/mol. The molecule has 0 aromatic carbocycles. The number of rotatable bonds is 26. The highest BCUT2D eigenvalue weighted by atomic mass is 16.7. The molecule has 0 aromatic rings. The second-order valence-electron chi connectivity index (χ2n) is 8.72. The van der Waals surface area contributed by atoms with Gasteiger partial charge in [0.15, 0.2) is 0 Å². The van der Waals surface area contributed by atoms with Gasteiger partial charge in [0.2, 0.25) is 0 Å². The van der Waals surface area contributed by atoms with E-state index in [0.717, 1.165) is 13.1 Å². The third kappa shape index (κ3) is 77.5. The van der Waals surface area contributed by atoms with E-state index in [4.69, 9.17) is 23.7 Å². The van der Waals surface area contributed by atoms with Gasteiger partial charge in [0.05, 0.1) is 13.5 Å². The molecule has 0 fully saturated rings. The van der Waals surface area contributed by atoms with Crippen molar-refractivity contribution in [1.82, 2.24) is 15.5 Å². The Balaban J connectivity index is -0.0000000544. The van der Waals surface area contributed by atoms with Crippen molar-refractivity contribution in [2.75, 3.05) is 89.1 Å². The molecule has 42 heavy (non-hydrogen) atoms. The van der Waals surface area contributed by atoms with Crippen molar-refractivity contribution >= 4 is 0 Å². The van der Waals surface area contributed by atoms with Gasteiger partial charge in [0, 0.05) is 21.3 Å². The SMILES string of the molecule is C.C.C.C.C.C.CCCCCCCCN(C)COCOC.CCCCCCCCNCOCOC.CNCOCOC. The highest BCUT2D eigenvalue weighted by molar-refractivity contribution is 4.48. The van der Waals surface area contributed by atoms with E-state index in [1.54, 1.807) is 21.3 Å². The van der Waals surface area contributed by atoms with Gasteiger partial charge in [-0.05, 0) is 40.0 Å². The molecule has 9 heteroatoms. The first-order valence-corrected chi connectivity index (χ1v) is 13.9. The zero-order valence-electron chi connectivity index (χ0n) is 25.0. The molecule has 0 atom stereocenters. The Kier molecular flexibility index (Phi) is 105. The Bertz CT molecular complexity index is 331. The molecule has 0 aliphatic heterocycles. The zero-order chi connectivity index (χ0) is 27.4. The van der Waals surface area contributed by atoms with Crippen molar-refractivity contribution in [2.45, 2.75) is 135 Å². The molecule has 2 N–H and O–H groups in total. The molecule has 9 nitrogen and oxygen atoms in total. The number of nitrogens with zero attached hydrogens (tertiary/aromatic N) is 1. The van der Waals surface area contributed by atoms with Gasteiger partial charge < -0.3 is 28.4 Å². The average Bonchev–Trinajstić information content (AvgIpc) is 2.88. The number of hydrogen-bond donors (Lipinski definition) is 2. The van der Waals surface area contributed by atoms with Crippen LogP contribution in [-0.4, -0.2) is 94.0 Å². The van der Waals surface area contributed by atoms with Gasteiger partial charge >= 0.3 is 0 Å². The minimum atomic E-state index is 0. The maximum absolute atomic E-state index is 5.24. The smallest absolute Gasteiger partial charge is 0.148 e. The summed E-state index contributed by atoms with van der Waals surface area (Å²) in [4.78, 5) is 2.19. The Morgan fingerprint density at radius 3 is 1.38 bits per heavy atom. The number of unbranched alkanes of at least 4 members (excludes halogenated alkanes) is 10. The van der Waals surface area contributed by atoms with Crippen LogP contribution in [0.2, 0.25) is 0 Å². The molecule has 0 unspecified atom stereocenters. The van der Waals surface area contributed by atoms with E-state index < -0.39 is 0 Å². The van der Waals surface area contributed by atoms with Crippen LogP contribution in [0.3, 0.4) is 0 Å². The largest absolute Gasteiger partial charge is 0.359 e. The molecule has 0 aliphatic rings. The summed E-state index contributed by atoms with van der Waals surface area (Å²) in [6.45, 7) is 9.62. The number of methoxy groups -OCH3 is 3. The van der Waals surface area contributed by atoms with Crippen LogP contribution in [0, 0.1) is 0 Å². The zero-order valence-corrected chi connectivity index (χ0v) is 25.0. The predicted octanol–water partition coefficient (Wildman–Crippen LogP) is 8.97. The Hall–Kier alpha value is -0.360. The summed E-state index contributed by atoms with van der Waals surface area (Å²) in [6.07, 6.45) is 16.1. The lowest BCUT2D eigenvalue weighted by atomic mass is 10.1. The quantitative estimate of drug-likeness (QED) is 0.0726. The minimum absolute atomic E-state index is 0. The molecule has 0 saturated heterocycles. The summed E-state index contributed by atoms with van der Waals surface area (Å²) in [6, 6.07) is 0.